The second kappa shape index (κ2) is 5.43. The highest BCUT2D eigenvalue weighted by Crippen LogP contribution is 2.15. The maximum atomic E-state index is 12.1. The Balaban J connectivity index is 2.17. The van der Waals surface area contributed by atoms with Crippen LogP contribution in [0.25, 0.3) is 0 Å². The summed E-state index contributed by atoms with van der Waals surface area (Å²) < 4.78 is 26.5. The van der Waals surface area contributed by atoms with Crippen LogP contribution in [0, 0.1) is 6.92 Å². The maximum absolute atomic E-state index is 12.1. The quantitative estimate of drug-likeness (QED) is 0.675. The highest BCUT2D eigenvalue weighted by atomic mass is 32.2. The Hall–Kier alpha value is -1.84. The van der Waals surface area contributed by atoms with E-state index in [-0.39, 0.29) is 17.3 Å². The molecule has 9 heteroatoms. The average Bonchev–Trinajstić information content (AvgIpc) is 2.89. The van der Waals surface area contributed by atoms with Crippen molar-refractivity contribution in [3.8, 4) is 0 Å². The molecule has 2 rings (SSSR count). The van der Waals surface area contributed by atoms with Gasteiger partial charge in [0, 0.05) is 6.54 Å². The third kappa shape index (κ3) is 3.13. The van der Waals surface area contributed by atoms with E-state index in [4.69, 9.17) is 5.73 Å². The Kier molecular flexibility index (Phi) is 3.88. The zero-order valence-corrected chi connectivity index (χ0v) is 11.1. The summed E-state index contributed by atoms with van der Waals surface area (Å²) in [6.07, 6.45) is 0. The minimum absolute atomic E-state index is 0.0173. The fraction of sp³-hybridized carbons (Fsp3) is 0.300. The summed E-state index contributed by atoms with van der Waals surface area (Å²) in [6.45, 7) is 2.18. The first kappa shape index (κ1) is 13.6. The predicted molar refractivity (Wildman–Crippen MR) is 67.3 cm³/mol. The van der Waals surface area contributed by atoms with Gasteiger partial charge in [-0.1, -0.05) is 11.3 Å². The molecule has 2 aromatic rings. The summed E-state index contributed by atoms with van der Waals surface area (Å²) >= 11 is 0. The fourth-order valence-corrected chi connectivity index (χ4v) is 2.63. The van der Waals surface area contributed by atoms with Gasteiger partial charge in [0.2, 0.25) is 10.0 Å². The van der Waals surface area contributed by atoms with Crippen LogP contribution in [0.1, 0.15) is 17.0 Å². The molecule has 1 aromatic carbocycles. The molecule has 0 saturated carbocycles. The van der Waals surface area contributed by atoms with E-state index in [0.717, 1.165) is 11.1 Å². The predicted octanol–water partition coefficient (Wildman–Crippen LogP) is -0.555. The first-order valence-corrected chi connectivity index (χ1v) is 7.03. The molecule has 8 nitrogen and oxygen atoms in total. The second-order valence-corrected chi connectivity index (χ2v) is 5.71. The molecule has 1 aromatic heterocycles. The van der Waals surface area contributed by atoms with E-state index >= 15 is 0 Å². The van der Waals surface area contributed by atoms with Crippen molar-refractivity contribution >= 4 is 10.0 Å². The molecule has 0 fully saturated rings. The van der Waals surface area contributed by atoms with Crippen molar-refractivity contribution < 1.29 is 8.42 Å². The number of nitrogens with two attached hydrogens (primary N) is 1. The lowest BCUT2D eigenvalue weighted by atomic mass is 10.1. The van der Waals surface area contributed by atoms with E-state index in [1.165, 1.54) is 6.07 Å². The van der Waals surface area contributed by atoms with Crippen LogP contribution in [0.15, 0.2) is 23.1 Å². The highest BCUT2D eigenvalue weighted by molar-refractivity contribution is 7.89. The van der Waals surface area contributed by atoms with Crippen molar-refractivity contribution in [2.24, 2.45) is 5.73 Å². The first-order chi connectivity index (χ1) is 9.03. The van der Waals surface area contributed by atoms with Crippen LogP contribution in [-0.2, 0) is 23.1 Å². The topological polar surface area (TPSA) is 127 Å². The molecule has 0 spiro atoms. The molecule has 0 atom stereocenters. The molecular weight excluding hydrogens is 268 g/mol. The lowest BCUT2D eigenvalue weighted by Crippen LogP contribution is -2.24. The van der Waals surface area contributed by atoms with Gasteiger partial charge in [-0.2, -0.15) is 5.21 Å². The molecule has 4 N–H and O–H groups in total. The van der Waals surface area contributed by atoms with Gasteiger partial charge >= 0.3 is 0 Å². The zero-order valence-electron chi connectivity index (χ0n) is 10.3. The summed E-state index contributed by atoms with van der Waals surface area (Å²) in [5.41, 5.74) is 7.29. The molecule has 0 unspecified atom stereocenters. The number of sulfonamides is 1. The third-order valence-electron chi connectivity index (χ3n) is 2.65. The van der Waals surface area contributed by atoms with Crippen LogP contribution in [0.4, 0.5) is 0 Å². The van der Waals surface area contributed by atoms with Gasteiger partial charge in [-0.3, -0.25) is 0 Å². The van der Waals surface area contributed by atoms with Crippen LogP contribution in [0.2, 0.25) is 0 Å². The molecule has 1 heterocycles. The van der Waals surface area contributed by atoms with E-state index in [0.29, 0.717) is 6.54 Å². The summed E-state index contributed by atoms with van der Waals surface area (Å²) in [5, 5.41) is 12.9. The van der Waals surface area contributed by atoms with Gasteiger partial charge in [0.15, 0.2) is 5.82 Å². The number of nitrogens with one attached hydrogen (secondary N) is 2. The second-order valence-electron chi connectivity index (χ2n) is 3.94. The summed E-state index contributed by atoms with van der Waals surface area (Å²) in [4.78, 5) is 0.186. The molecule has 0 amide bonds. The summed E-state index contributed by atoms with van der Waals surface area (Å²) in [7, 11) is -3.60. The van der Waals surface area contributed by atoms with Gasteiger partial charge in [0.05, 0.1) is 11.4 Å². The number of H-pyrrole nitrogens is 1. The van der Waals surface area contributed by atoms with Crippen molar-refractivity contribution in [2.75, 3.05) is 0 Å². The zero-order chi connectivity index (χ0) is 13.9. The van der Waals surface area contributed by atoms with Gasteiger partial charge < -0.3 is 5.73 Å². The number of aromatic amines is 1. The first-order valence-electron chi connectivity index (χ1n) is 5.54. The van der Waals surface area contributed by atoms with Crippen molar-refractivity contribution in [3.05, 3.63) is 35.2 Å². The third-order valence-corrected chi connectivity index (χ3v) is 4.05. The number of benzene rings is 1. The maximum Gasteiger partial charge on any atom is 0.240 e. The SMILES string of the molecule is Cc1cc(S(=O)(=O)NCc2nn[nH]n2)ccc1CN. The molecule has 19 heavy (non-hydrogen) atoms. The molecule has 0 aliphatic heterocycles. The van der Waals surface area contributed by atoms with Gasteiger partial charge in [-0.15, -0.1) is 10.2 Å². The smallest absolute Gasteiger partial charge is 0.240 e. The van der Waals surface area contributed by atoms with Crippen molar-refractivity contribution in [1.82, 2.24) is 25.3 Å². The van der Waals surface area contributed by atoms with Crippen molar-refractivity contribution in [2.45, 2.75) is 24.9 Å². The lowest BCUT2D eigenvalue weighted by molar-refractivity contribution is 0.579. The Morgan fingerprint density at radius 1 is 1.42 bits per heavy atom. The molecule has 0 saturated heterocycles. The number of hydrogen-bond acceptors (Lipinski definition) is 6. The van der Waals surface area contributed by atoms with Crippen LogP contribution in [-0.4, -0.2) is 29.0 Å². The van der Waals surface area contributed by atoms with Crippen LogP contribution in [0.5, 0.6) is 0 Å². The van der Waals surface area contributed by atoms with E-state index in [1.54, 1.807) is 12.1 Å². The van der Waals surface area contributed by atoms with Crippen LogP contribution < -0.4 is 10.5 Å². The minimum Gasteiger partial charge on any atom is -0.326 e. The fourth-order valence-electron chi connectivity index (χ4n) is 1.56. The minimum atomic E-state index is -3.60. The molecule has 102 valence electrons. The molecule has 0 radical (unpaired) electrons. The van der Waals surface area contributed by atoms with E-state index < -0.39 is 10.0 Å². The lowest BCUT2D eigenvalue weighted by Gasteiger charge is -2.08. The Morgan fingerprint density at radius 3 is 2.79 bits per heavy atom. The van der Waals surface area contributed by atoms with Gasteiger partial charge in [0.1, 0.15) is 0 Å². The average molecular weight is 282 g/mol. The van der Waals surface area contributed by atoms with Gasteiger partial charge in [-0.25, -0.2) is 13.1 Å². The number of rotatable bonds is 5. The number of aromatic nitrogens is 4. The van der Waals surface area contributed by atoms with Gasteiger partial charge in [0.25, 0.3) is 0 Å². The molecule has 0 bridgehead atoms. The largest absolute Gasteiger partial charge is 0.326 e. The Bertz CT molecular complexity index is 653. The number of aryl methyl sites for hydroxylation is 1. The van der Waals surface area contributed by atoms with Crippen LogP contribution in [0.3, 0.4) is 0 Å². The Morgan fingerprint density at radius 2 is 2.21 bits per heavy atom. The molecular formula is C10H14N6O2S. The van der Waals surface area contributed by atoms with Crippen LogP contribution >= 0.6 is 0 Å². The number of nitrogens with zero attached hydrogens (tertiary/aromatic N) is 3. The number of tetrazole rings is 1. The number of hydrogen-bond donors (Lipinski definition) is 3. The molecule has 0 aliphatic rings. The highest BCUT2D eigenvalue weighted by Gasteiger charge is 2.15. The summed E-state index contributed by atoms with van der Waals surface area (Å²) in [6, 6.07) is 4.81. The monoisotopic (exact) mass is 282 g/mol. The Labute approximate surface area is 110 Å². The standard InChI is InChI=1S/C10H14N6O2S/c1-7-4-9(3-2-8(7)5-11)19(17,18)12-6-10-13-15-16-14-10/h2-4,12H,5-6,11H2,1H3,(H,13,14,15,16). The normalized spacial score (nSPS) is 11.7. The van der Waals surface area contributed by atoms with E-state index in [9.17, 15) is 8.42 Å². The van der Waals surface area contributed by atoms with E-state index in [1.807, 2.05) is 6.92 Å². The molecule has 0 aliphatic carbocycles. The van der Waals surface area contributed by atoms with Gasteiger partial charge in [-0.05, 0) is 30.2 Å². The van der Waals surface area contributed by atoms with Crippen molar-refractivity contribution in [1.29, 1.82) is 0 Å². The summed E-state index contributed by atoms with van der Waals surface area (Å²) in [5.74, 6) is 0.277. The van der Waals surface area contributed by atoms with Crippen molar-refractivity contribution in [3.63, 3.8) is 0 Å². The van der Waals surface area contributed by atoms with E-state index in [2.05, 4.69) is 25.3 Å².